The fraction of sp³-hybridized carbons (Fsp3) is 0. The lowest BCUT2D eigenvalue weighted by molar-refractivity contribution is 0.144. The van der Waals surface area contributed by atoms with Gasteiger partial charge in [0.15, 0.2) is 0 Å². The monoisotopic (exact) mass is 232 g/mol. The number of ether oxygens (including phenoxy) is 1. The molecule has 0 aliphatic carbocycles. The minimum Gasteiger partial charge on any atom is -0.449 e. The Balaban J connectivity index is 3.03. The normalized spacial score (nSPS) is 9.29. The average Bonchev–Trinajstić information content (AvgIpc) is 2.06. The van der Waals surface area contributed by atoms with E-state index in [9.17, 15) is 4.79 Å². The molecule has 5 heteroatoms. The van der Waals surface area contributed by atoms with E-state index in [0.29, 0.717) is 5.56 Å². The van der Waals surface area contributed by atoms with Gasteiger partial charge in [-0.2, -0.15) is 0 Å². The summed E-state index contributed by atoms with van der Waals surface area (Å²) in [7, 11) is 0. The molecule has 0 radical (unpaired) electrons. The van der Waals surface area contributed by atoms with Gasteiger partial charge in [0.25, 0.3) is 0 Å². The lowest BCUT2D eigenvalue weighted by atomic mass is 10.2. The Morgan fingerprint density at radius 3 is 2.57 bits per heavy atom. The summed E-state index contributed by atoms with van der Waals surface area (Å²) < 4.78 is 4.53. The van der Waals surface area contributed by atoms with Crippen molar-refractivity contribution in [2.45, 2.75) is 0 Å². The number of hydrogen-bond acceptors (Lipinski definition) is 2. The van der Waals surface area contributed by atoms with Crippen LogP contribution in [-0.2, 0) is 0 Å². The molecular formula is C9H6Cl2O3. The van der Waals surface area contributed by atoms with Crippen molar-refractivity contribution < 1.29 is 14.6 Å². The van der Waals surface area contributed by atoms with Crippen LogP contribution in [0.4, 0.5) is 4.79 Å². The van der Waals surface area contributed by atoms with E-state index in [1.807, 2.05) is 0 Å². The molecule has 0 fully saturated rings. The van der Waals surface area contributed by atoms with Crippen molar-refractivity contribution in [3.8, 4) is 5.75 Å². The Kier molecular flexibility index (Phi) is 3.80. The van der Waals surface area contributed by atoms with Crippen LogP contribution in [0.1, 0.15) is 5.56 Å². The molecule has 1 N–H and O–H groups in total. The molecule has 14 heavy (non-hydrogen) atoms. The lowest BCUT2D eigenvalue weighted by Crippen LogP contribution is -2.03. The number of halogens is 2. The minimum absolute atomic E-state index is 0.0337. The molecule has 0 heterocycles. The Labute approximate surface area is 90.5 Å². The van der Waals surface area contributed by atoms with E-state index >= 15 is 0 Å². The van der Waals surface area contributed by atoms with Crippen molar-refractivity contribution in [1.29, 1.82) is 0 Å². The van der Waals surface area contributed by atoms with Gasteiger partial charge in [-0.1, -0.05) is 41.4 Å². The number of carbonyl (C=O) groups is 1. The zero-order chi connectivity index (χ0) is 10.6. The van der Waals surface area contributed by atoms with Gasteiger partial charge in [0.1, 0.15) is 10.2 Å². The van der Waals surface area contributed by atoms with Crippen LogP contribution in [0.15, 0.2) is 28.8 Å². The summed E-state index contributed by atoms with van der Waals surface area (Å²) in [5.74, 6) is 0.193. The summed E-state index contributed by atoms with van der Waals surface area (Å²) >= 11 is 10.9. The van der Waals surface area contributed by atoms with Crippen molar-refractivity contribution in [3.05, 3.63) is 34.3 Å². The molecule has 3 nitrogen and oxygen atoms in total. The average molecular weight is 233 g/mol. The molecule has 0 aromatic heterocycles. The maximum absolute atomic E-state index is 10.3. The first-order valence-corrected chi connectivity index (χ1v) is 4.37. The predicted molar refractivity (Wildman–Crippen MR) is 54.8 cm³/mol. The van der Waals surface area contributed by atoms with Crippen LogP contribution in [0.2, 0.25) is 0 Å². The molecule has 0 aliphatic heterocycles. The highest BCUT2D eigenvalue weighted by Gasteiger charge is 2.04. The Hall–Kier alpha value is -1.19. The van der Waals surface area contributed by atoms with E-state index in [4.69, 9.17) is 28.3 Å². The Bertz CT molecular complexity index is 370. The number of carboxylic acid groups (broad SMARTS) is 1. The SMILES string of the molecule is O=C(O)Oc1ccccc1C=C(Cl)Cl. The highest BCUT2D eigenvalue weighted by atomic mass is 35.5. The molecule has 0 bridgehead atoms. The summed E-state index contributed by atoms with van der Waals surface area (Å²) in [6, 6.07) is 6.52. The second kappa shape index (κ2) is 4.88. The van der Waals surface area contributed by atoms with Crippen molar-refractivity contribution in [2.75, 3.05) is 0 Å². The van der Waals surface area contributed by atoms with Gasteiger partial charge in [0.2, 0.25) is 0 Å². The van der Waals surface area contributed by atoms with Gasteiger partial charge in [0.05, 0.1) is 0 Å². The fourth-order valence-electron chi connectivity index (χ4n) is 0.904. The number of hydrogen-bond donors (Lipinski definition) is 1. The zero-order valence-electron chi connectivity index (χ0n) is 6.91. The van der Waals surface area contributed by atoms with Gasteiger partial charge in [-0.3, -0.25) is 0 Å². The maximum Gasteiger partial charge on any atom is 0.511 e. The number of benzene rings is 1. The van der Waals surface area contributed by atoms with Crippen LogP contribution in [0, 0.1) is 0 Å². The summed E-state index contributed by atoms with van der Waals surface area (Å²) in [6.45, 7) is 0. The maximum atomic E-state index is 10.3. The highest BCUT2D eigenvalue weighted by Crippen LogP contribution is 2.23. The standard InChI is InChI=1S/C9H6Cl2O3/c10-8(11)5-6-3-1-2-4-7(6)14-9(12)13/h1-5H,(H,12,13). The van der Waals surface area contributed by atoms with Crippen molar-refractivity contribution in [3.63, 3.8) is 0 Å². The Morgan fingerprint density at radius 1 is 1.36 bits per heavy atom. The number of para-hydroxylation sites is 1. The Morgan fingerprint density at radius 2 is 2.00 bits per heavy atom. The quantitative estimate of drug-likeness (QED) is 0.627. The summed E-state index contributed by atoms with van der Waals surface area (Å²) in [4.78, 5) is 10.3. The molecule has 0 aliphatic rings. The van der Waals surface area contributed by atoms with Gasteiger partial charge < -0.3 is 9.84 Å². The topological polar surface area (TPSA) is 46.5 Å². The molecule has 0 atom stereocenters. The number of rotatable bonds is 2. The minimum atomic E-state index is -1.38. The van der Waals surface area contributed by atoms with Gasteiger partial charge in [-0.25, -0.2) is 4.79 Å². The smallest absolute Gasteiger partial charge is 0.449 e. The largest absolute Gasteiger partial charge is 0.511 e. The van der Waals surface area contributed by atoms with Crippen LogP contribution in [0.3, 0.4) is 0 Å². The first-order valence-electron chi connectivity index (χ1n) is 3.62. The van der Waals surface area contributed by atoms with Crippen molar-refractivity contribution >= 4 is 35.4 Å². The van der Waals surface area contributed by atoms with E-state index in [-0.39, 0.29) is 10.2 Å². The summed E-state index contributed by atoms with van der Waals surface area (Å²) in [5, 5.41) is 8.42. The fourth-order valence-corrected chi connectivity index (χ4v) is 1.14. The van der Waals surface area contributed by atoms with Crippen molar-refractivity contribution in [1.82, 2.24) is 0 Å². The van der Waals surface area contributed by atoms with Crippen LogP contribution in [-0.4, -0.2) is 11.3 Å². The van der Waals surface area contributed by atoms with Crippen LogP contribution >= 0.6 is 23.2 Å². The molecular weight excluding hydrogens is 227 g/mol. The molecule has 0 amide bonds. The molecule has 0 saturated heterocycles. The zero-order valence-corrected chi connectivity index (χ0v) is 8.42. The van der Waals surface area contributed by atoms with Crippen LogP contribution in [0.25, 0.3) is 6.08 Å². The molecule has 0 spiro atoms. The third kappa shape index (κ3) is 3.28. The summed E-state index contributed by atoms with van der Waals surface area (Å²) in [6.07, 6.45) is 0.0260. The second-order valence-corrected chi connectivity index (χ2v) is 3.35. The van der Waals surface area contributed by atoms with Crippen molar-refractivity contribution in [2.24, 2.45) is 0 Å². The van der Waals surface area contributed by atoms with Gasteiger partial charge in [-0.05, 0) is 12.1 Å². The molecule has 1 rings (SSSR count). The first-order chi connectivity index (χ1) is 6.59. The summed E-state index contributed by atoms with van der Waals surface area (Å²) in [5.41, 5.74) is 0.509. The molecule has 0 unspecified atom stereocenters. The molecule has 0 saturated carbocycles. The van der Waals surface area contributed by atoms with E-state index < -0.39 is 6.16 Å². The van der Waals surface area contributed by atoms with Crippen LogP contribution < -0.4 is 4.74 Å². The third-order valence-corrected chi connectivity index (χ3v) is 1.60. The first kappa shape index (κ1) is 10.9. The van der Waals surface area contributed by atoms with E-state index in [1.165, 1.54) is 12.1 Å². The van der Waals surface area contributed by atoms with E-state index in [0.717, 1.165) is 0 Å². The van der Waals surface area contributed by atoms with Gasteiger partial charge in [0, 0.05) is 5.56 Å². The lowest BCUT2D eigenvalue weighted by Gasteiger charge is -2.03. The molecule has 1 aromatic rings. The highest BCUT2D eigenvalue weighted by molar-refractivity contribution is 6.57. The third-order valence-electron chi connectivity index (χ3n) is 1.38. The second-order valence-electron chi connectivity index (χ2n) is 2.34. The van der Waals surface area contributed by atoms with E-state index in [1.54, 1.807) is 18.2 Å². The molecule has 1 aromatic carbocycles. The predicted octanol–water partition coefficient (Wildman–Crippen LogP) is 3.52. The van der Waals surface area contributed by atoms with E-state index in [2.05, 4.69) is 4.74 Å². The van der Waals surface area contributed by atoms with Gasteiger partial charge in [-0.15, -0.1) is 0 Å². The molecule has 74 valence electrons. The van der Waals surface area contributed by atoms with Gasteiger partial charge >= 0.3 is 6.16 Å². The van der Waals surface area contributed by atoms with Crippen LogP contribution in [0.5, 0.6) is 5.75 Å².